The summed E-state index contributed by atoms with van der Waals surface area (Å²) in [6.07, 6.45) is -0.847. The summed E-state index contributed by atoms with van der Waals surface area (Å²) in [5.74, 6) is 1.07. The van der Waals surface area contributed by atoms with Crippen LogP contribution in [0.1, 0.15) is 5.89 Å². The van der Waals surface area contributed by atoms with Gasteiger partial charge in [-0.1, -0.05) is 41.0 Å². The maximum Gasteiger partial charge on any atom is 0.351 e. The van der Waals surface area contributed by atoms with E-state index in [1.165, 1.54) is 0 Å². The molecule has 132 valence electrons. The van der Waals surface area contributed by atoms with Crippen molar-refractivity contribution in [2.24, 2.45) is 0 Å². The first-order chi connectivity index (χ1) is 12.7. The van der Waals surface area contributed by atoms with Crippen LogP contribution in [0, 0.1) is 0 Å². The van der Waals surface area contributed by atoms with Gasteiger partial charge in [-0.25, -0.2) is 4.79 Å². The Morgan fingerprint density at radius 2 is 2.04 bits per heavy atom. The summed E-state index contributed by atoms with van der Waals surface area (Å²) in [4.78, 5) is 16.4. The summed E-state index contributed by atoms with van der Waals surface area (Å²) < 4.78 is 21.4. The standard InChI is InChI=1S/C18H13ClN2O5/c19-12-5-3-4-11(8-12)17-20-16(26-21-17)10-24-18(22)15-9-23-13-6-1-2-7-14(13)25-15/h1-8,15H,9-10H2/t15-/m0/s1. The molecule has 0 saturated heterocycles. The lowest BCUT2D eigenvalue weighted by Gasteiger charge is -2.24. The van der Waals surface area contributed by atoms with Crippen molar-refractivity contribution >= 4 is 17.6 Å². The van der Waals surface area contributed by atoms with Gasteiger partial charge in [-0.05, 0) is 24.3 Å². The maximum atomic E-state index is 12.2. The van der Waals surface area contributed by atoms with E-state index in [4.69, 9.17) is 30.3 Å². The molecular formula is C18H13ClN2O5. The summed E-state index contributed by atoms with van der Waals surface area (Å²) in [7, 11) is 0. The van der Waals surface area contributed by atoms with Gasteiger partial charge < -0.3 is 18.7 Å². The van der Waals surface area contributed by atoms with E-state index in [9.17, 15) is 4.79 Å². The van der Waals surface area contributed by atoms with E-state index in [1.807, 2.05) is 6.07 Å². The van der Waals surface area contributed by atoms with Gasteiger partial charge in [0.1, 0.15) is 6.61 Å². The van der Waals surface area contributed by atoms with Crippen LogP contribution in [0.4, 0.5) is 0 Å². The number of esters is 1. The maximum absolute atomic E-state index is 12.2. The first kappa shape index (κ1) is 16.4. The van der Waals surface area contributed by atoms with Gasteiger partial charge in [0.25, 0.3) is 5.89 Å². The van der Waals surface area contributed by atoms with Crippen LogP contribution in [-0.2, 0) is 16.1 Å². The number of para-hydroxylation sites is 2. The van der Waals surface area contributed by atoms with Crippen LogP contribution in [0.15, 0.2) is 53.1 Å². The lowest BCUT2D eigenvalue weighted by Crippen LogP contribution is -2.37. The van der Waals surface area contributed by atoms with Crippen molar-refractivity contribution < 1.29 is 23.5 Å². The Labute approximate surface area is 153 Å². The molecule has 26 heavy (non-hydrogen) atoms. The first-order valence-electron chi connectivity index (χ1n) is 7.83. The number of carbonyl (C=O) groups is 1. The third-order valence-corrected chi connectivity index (χ3v) is 3.90. The molecule has 4 rings (SSSR count). The molecule has 1 aliphatic heterocycles. The van der Waals surface area contributed by atoms with Crippen LogP contribution in [0.5, 0.6) is 11.5 Å². The van der Waals surface area contributed by atoms with Gasteiger partial charge in [0.15, 0.2) is 18.1 Å². The van der Waals surface area contributed by atoms with Gasteiger partial charge in [0.2, 0.25) is 11.9 Å². The summed E-state index contributed by atoms with van der Waals surface area (Å²) in [5, 5.41) is 4.42. The Balaban J connectivity index is 1.37. The largest absolute Gasteiger partial charge is 0.485 e. The van der Waals surface area contributed by atoms with E-state index < -0.39 is 12.1 Å². The van der Waals surface area contributed by atoms with Crippen LogP contribution in [0.3, 0.4) is 0 Å². The van der Waals surface area contributed by atoms with Gasteiger partial charge in [-0.3, -0.25) is 0 Å². The molecule has 8 heteroatoms. The SMILES string of the molecule is O=C(OCc1nc(-c2cccc(Cl)c2)no1)[C@@H]1COc2ccccc2O1. The fourth-order valence-electron chi connectivity index (χ4n) is 2.42. The Morgan fingerprint density at radius 3 is 2.88 bits per heavy atom. The summed E-state index contributed by atoms with van der Waals surface area (Å²) in [5.41, 5.74) is 0.708. The second-order valence-electron chi connectivity index (χ2n) is 5.49. The molecule has 0 amide bonds. The molecule has 2 heterocycles. The van der Waals surface area contributed by atoms with E-state index in [1.54, 1.807) is 42.5 Å². The minimum Gasteiger partial charge on any atom is -0.485 e. The normalized spacial score (nSPS) is 15.5. The average Bonchev–Trinajstić information content (AvgIpc) is 3.15. The van der Waals surface area contributed by atoms with E-state index >= 15 is 0 Å². The van der Waals surface area contributed by atoms with Gasteiger partial charge in [-0.2, -0.15) is 4.98 Å². The zero-order valence-corrected chi connectivity index (χ0v) is 14.2. The molecule has 2 aromatic carbocycles. The number of halogens is 1. The highest BCUT2D eigenvalue weighted by molar-refractivity contribution is 6.30. The average molecular weight is 373 g/mol. The highest BCUT2D eigenvalue weighted by Crippen LogP contribution is 2.31. The number of nitrogens with zero attached hydrogens (tertiary/aromatic N) is 2. The van der Waals surface area contributed by atoms with Crippen molar-refractivity contribution in [3.63, 3.8) is 0 Å². The molecule has 1 aromatic heterocycles. The minimum absolute atomic E-state index is 0.0768. The van der Waals surface area contributed by atoms with Crippen molar-refractivity contribution in [1.82, 2.24) is 10.1 Å². The molecule has 0 aliphatic carbocycles. The smallest absolute Gasteiger partial charge is 0.351 e. The fourth-order valence-corrected chi connectivity index (χ4v) is 2.61. The third kappa shape index (κ3) is 3.48. The molecule has 0 bridgehead atoms. The van der Waals surface area contributed by atoms with E-state index in [0.29, 0.717) is 27.9 Å². The molecule has 0 spiro atoms. The van der Waals surface area contributed by atoms with Crippen molar-refractivity contribution in [2.45, 2.75) is 12.7 Å². The van der Waals surface area contributed by atoms with Gasteiger partial charge in [0, 0.05) is 10.6 Å². The summed E-state index contributed by atoms with van der Waals surface area (Å²) in [6, 6.07) is 14.2. The van der Waals surface area contributed by atoms with Crippen LogP contribution in [-0.4, -0.2) is 28.8 Å². The Hall–Kier alpha value is -3.06. The lowest BCUT2D eigenvalue weighted by atomic mass is 10.2. The van der Waals surface area contributed by atoms with Crippen molar-refractivity contribution in [3.05, 3.63) is 59.4 Å². The number of hydrogen-bond donors (Lipinski definition) is 0. The molecule has 3 aromatic rings. The molecule has 0 fully saturated rings. The predicted molar refractivity (Wildman–Crippen MR) is 90.9 cm³/mol. The molecule has 0 unspecified atom stereocenters. The quantitative estimate of drug-likeness (QED) is 0.650. The molecular weight excluding hydrogens is 360 g/mol. The number of ether oxygens (including phenoxy) is 3. The first-order valence-corrected chi connectivity index (χ1v) is 8.20. The highest BCUT2D eigenvalue weighted by atomic mass is 35.5. The predicted octanol–water partition coefficient (Wildman–Crippen LogP) is 3.27. The van der Waals surface area contributed by atoms with E-state index in [-0.39, 0.29) is 19.1 Å². The zero-order valence-electron chi connectivity index (χ0n) is 13.4. The molecule has 1 aliphatic rings. The Kier molecular flexibility index (Phi) is 4.45. The van der Waals surface area contributed by atoms with Gasteiger partial charge >= 0.3 is 5.97 Å². The van der Waals surface area contributed by atoms with Crippen molar-refractivity contribution in [3.8, 4) is 22.9 Å². The lowest BCUT2D eigenvalue weighted by molar-refractivity contribution is -0.156. The number of aromatic nitrogens is 2. The van der Waals surface area contributed by atoms with Crippen LogP contribution < -0.4 is 9.47 Å². The number of fused-ring (bicyclic) bond motifs is 1. The summed E-state index contributed by atoms with van der Waals surface area (Å²) in [6.45, 7) is -0.0820. The van der Waals surface area contributed by atoms with E-state index in [2.05, 4.69) is 10.1 Å². The third-order valence-electron chi connectivity index (χ3n) is 3.66. The van der Waals surface area contributed by atoms with Crippen LogP contribution in [0.25, 0.3) is 11.4 Å². The van der Waals surface area contributed by atoms with Crippen molar-refractivity contribution in [1.29, 1.82) is 0 Å². The second kappa shape index (κ2) is 7.05. The number of hydrogen-bond acceptors (Lipinski definition) is 7. The number of rotatable bonds is 4. The number of carbonyl (C=O) groups excluding carboxylic acids is 1. The summed E-state index contributed by atoms with van der Waals surface area (Å²) >= 11 is 5.94. The number of benzene rings is 2. The highest BCUT2D eigenvalue weighted by Gasteiger charge is 2.29. The molecule has 0 saturated carbocycles. The second-order valence-corrected chi connectivity index (χ2v) is 5.93. The van der Waals surface area contributed by atoms with Gasteiger partial charge in [0.05, 0.1) is 0 Å². The van der Waals surface area contributed by atoms with Crippen LogP contribution in [0.2, 0.25) is 5.02 Å². The van der Waals surface area contributed by atoms with Crippen LogP contribution >= 0.6 is 11.6 Å². The fraction of sp³-hybridized carbons (Fsp3) is 0.167. The van der Waals surface area contributed by atoms with E-state index in [0.717, 1.165) is 0 Å². The molecule has 7 nitrogen and oxygen atoms in total. The zero-order chi connectivity index (χ0) is 17.9. The molecule has 0 radical (unpaired) electrons. The Morgan fingerprint density at radius 1 is 1.19 bits per heavy atom. The van der Waals surface area contributed by atoms with Gasteiger partial charge in [-0.15, -0.1) is 0 Å². The molecule has 1 atom stereocenters. The topological polar surface area (TPSA) is 83.7 Å². The van der Waals surface area contributed by atoms with Crippen molar-refractivity contribution in [2.75, 3.05) is 6.61 Å². The Bertz CT molecular complexity index is 943. The monoisotopic (exact) mass is 372 g/mol. The molecule has 0 N–H and O–H groups in total. The minimum atomic E-state index is -0.847.